The van der Waals surface area contributed by atoms with Crippen molar-refractivity contribution in [2.45, 2.75) is 65.2 Å². The van der Waals surface area contributed by atoms with Gasteiger partial charge in [-0.05, 0) is 39.9 Å². The van der Waals surface area contributed by atoms with Crippen molar-refractivity contribution in [3.63, 3.8) is 0 Å². The third kappa shape index (κ3) is 2.73. The number of hydrogen-bond donors (Lipinski definition) is 0. The maximum absolute atomic E-state index is 11.8. The van der Waals surface area contributed by atoms with Crippen molar-refractivity contribution in [3.8, 4) is 0 Å². The van der Waals surface area contributed by atoms with Crippen LogP contribution in [0.2, 0.25) is 0 Å². The van der Waals surface area contributed by atoms with Gasteiger partial charge in [-0.15, -0.1) is 0 Å². The smallest absolute Gasteiger partial charge is 0.310 e. The lowest BCUT2D eigenvalue weighted by atomic mass is 9.71. The molecule has 1 aromatic rings. The summed E-state index contributed by atoms with van der Waals surface area (Å²) < 4.78 is 5.19. The van der Waals surface area contributed by atoms with Gasteiger partial charge in [-0.25, -0.2) is 0 Å². The van der Waals surface area contributed by atoms with Gasteiger partial charge in [-0.3, -0.25) is 4.79 Å². The van der Waals surface area contributed by atoms with Gasteiger partial charge >= 0.3 is 5.97 Å². The first-order valence-electron chi connectivity index (χ1n) is 8.00. The minimum absolute atomic E-state index is 0.125. The molecule has 0 heterocycles. The number of rotatable bonds is 4. The molecule has 0 spiro atoms. The summed E-state index contributed by atoms with van der Waals surface area (Å²) in [5, 5.41) is 0. The van der Waals surface area contributed by atoms with E-state index in [0.717, 1.165) is 12.0 Å². The number of esters is 1. The summed E-state index contributed by atoms with van der Waals surface area (Å²) >= 11 is 0. The molecule has 1 aliphatic rings. The van der Waals surface area contributed by atoms with Gasteiger partial charge in [0.15, 0.2) is 0 Å². The van der Waals surface area contributed by atoms with Gasteiger partial charge in [0.05, 0.1) is 13.0 Å². The molecule has 0 radical (unpaired) electrons. The first-order valence-corrected chi connectivity index (χ1v) is 8.00. The molecule has 0 N–H and O–H groups in total. The van der Waals surface area contributed by atoms with Crippen LogP contribution >= 0.6 is 0 Å². The fourth-order valence-corrected chi connectivity index (χ4v) is 3.60. The minimum Gasteiger partial charge on any atom is -0.465 e. The molecule has 1 unspecified atom stereocenters. The number of hydrogen-bond acceptors (Lipinski definition) is 2. The molecule has 0 aliphatic heterocycles. The van der Waals surface area contributed by atoms with E-state index in [9.17, 15) is 4.79 Å². The third-order valence-electron chi connectivity index (χ3n) is 5.45. The first-order chi connectivity index (χ1) is 9.71. The zero-order valence-corrected chi connectivity index (χ0v) is 14.2. The summed E-state index contributed by atoms with van der Waals surface area (Å²) in [5.74, 6) is 0.446. The number of carbonyl (C=O) groups is 1. The van der Waals surface area contributed by atoms with Crippen LogP contribution in [0.4, 0.5) is 0 Å². The minimum atomic E-state index is -0.125. The molecular formula is C19H28O2. The van der Waals surface area contributed by atoms with E-state index in [1.807, 2.05) is 6.92 Å². The molecule has 0 saturated heterocycles. The number of ether oxygens (including phenoxy) is 1. The maximum Gasteiger partial charge on any atom is 0.310 e. The molecule has 0 fully saturated rings. The highest BCUT2D eigenvalue weighted by Gasteiger charge is 2.48. The Bertz CT molecular complexity index is 540. The van der Waals surface area contributed by atoms with Crippen molar-refractivity contribution in [2.24, 2.45) is 5.92 Å². The number of benzene rings is 1. The molecule has 116 valence electrons. The summed E-state index contributed by atoms with van der Waals surface area (Å²) in [4.78, 5) is 11.8. The Morgan fingerprint density at radius 2 is 1.76 bits per heavy atom. The van der Waals surface area contributed by atoms with Gasteiger partial charge in [0.25, 0.3) is 0 Å². The summed E-state index contributed by atoms with van der Waals surface area (Å²) in [6, 6.07) is 6.51. The molecule has 2 heteroatoms. The van der Waals surface area contributed by atoms with Crippen LogP contribution < -0.4 is 0 Å². The number of fused-ring (bicyclic) bond motifs is 1. The fraction of sp³-hybridized carbons (Fsp3) is 0.632. The SMILES string of the molecule is CCCOC(=O)Cc1ccc2c(c1)C(C)(C)C(C)C2(C)C. The largest absolute Gasteiger partial charge is 0.465 e. The highest BCUT2D eigenvalue weighted by molar-refractivity contribution is 5.72. The van der Waals surface area contributed by atoms with Crippen LogP contribution in [0.15, 0.2) is 18.2 Å². The Morgan fingerprint density at radius 3 is 2.38 bits per heavy atom. The molecule has 0 bridgehead atoms. The topological polar surface area (TPSA) is 26.3 Å². The molecule has 2 nitrogen and oxygen atoms in total. The van der Waals surface area contributed by atoms with E-state index in [4.69, 9.17) is 4.74 Å². The monoisotopic (exact) mass is 288 g/mol. The van der Waals surface area contributed by atoms with Crippen LogP contribution in [0.25, 0.3) is 0 Å². The highest BCUT2D eigenvalue weighted by Crippen LogP contribution is 2.53. The molecular weight excluding hydrogens is 260 g/mol. The van der Waals surface area contributed by atoms with E-state index in [2.05, 4.69) is 52.8 Å². The van der Waals surface area contributed by atoms with Crippen molar-refractivity contribution >= 4 is 5.97 Å². The Kier molecular flexibility index (Phi) is 4.19. The van der Waals surface area contributed by atoms with Crippen LogP contribution in [-0.4, -0.2) is 12.6 Å². The van der Waals surface area contributed by atoms with Crippen LogP contribution in [0.3, 0.4) is 0 Å². The summed E-state index contributed by atoms with van der Waals surface area (Å²) in [6.45, 7) is 14.1. The van der Waals surface area contributed by atoms with Crippen LogP contribution in [0.5, 0.6) is 0 Å². The second-order valence-electron chi connectivity index (χ2n) is 7.44. The van der Waals surface area contributed by atoms with Crippen molar-refractivity contribution in [2.75, 3.05) is 6.61 Å². The standard InChI is InChI=1S/C19H28O2/c1-7-10-21-17(20)12-14-8-9-15-16(11-14)19(5,6)13(2)18(15,3)4/h8-9,11,13H,7,10,12H2,1-6H3. The van der Waals surface area contributed by atoms with Crippen molar-refractivity contribution in [1.29, 1.82) is 0 Å². The average Bonchev–Trinajstić information content (AvgIpc) is 2.55. The van der Waals surface area contributed by atoms with E-state index in [-0.39, 0.29) is 16.8 Å². The summed E-state index contributed by atoms with van der Waals surface area (Å²) in [5.41, 5.74) is 4.20. The lowest BCUT2D eigenvalue weighted by Crippen LogP contribution is -2.30. The van der Waals surface area contributed by atoms with Crippen LogP contribution in [0.1, 0.15) is 64.7 Å². The van der Waals surface area contributed by atoms with Crippen molar-refractivity contribution < 1.29 is 9.53 Å². The normalized spacial score (nSPS) is 21.9. The summed E-state index contributed by atoms with van der Waals surface area (Å²) in [7, 11) is 0. The Labute approximate surface area is 128 Å². The molecule has 1 aliphatic carbocycles. The first kappa shape index (κ1) is 16.1. The quantitative estimate of drug-likeness (QED) is 0.768. The maximum atomic E-state index is 11.8. The second kappa shape index (κ2) is 5.47. The van der Waals surface area contributed by atoms with Gasteiger partial charge < -0.3 is 4.74 Å². The molecule has 1 atom stereocenters. The van der Waals surface area contributed by atoms with Gasteiger partial charge in [-0.2, -0.15) is 0 Å². The molecule has 21 heavy (non-hydrogen) atoms. The van der Waals surface area contributed by atoms with Gasteiger partial charge in [-0.1, -0.05) is 59.7 Å². The lowest BCUT2D eigenvalue weighted by Gasteiger charge is -2.32. The van der Waals surface area contributed by atoms with Gasteiger partial charge in [0.2, 0.25) is 0 Å². The van der Waals surface area contributed by atoms with Gasteiger partial charge in [0.1, 0.15) is 0 Å². The average molecular weight is 288 g/mol. The summed E-state index contributed by atoms with van der Waals surface area (Å²) in [6.07, 6.45) is 1.24. The second-order valence-corrected chi connectivity index (χ2v) is 7.44. The van der Waals surface area contributed by atoms with E-state index < -0.39 is 0 Å². The number of carbonyl (C=O) groups excluding carboxylic acids is 1. The highest BCUT2D eigenvalue weighted by atomic mass is 16.5. The zero-order valence-electron chi connectivity index (χ0n) is 14.2. The van der Waals surface area contributed by atoms with Crippen molar-refractivity contribution in [3.05, 3.63) is 34.9 Å². The zero-order chi connectivity index (χ0) is 15.8. The Morgan fingerprint density at radius 1 is 1.14 bits per heavy atom. The van der Waals surface area contributed by atoms with E-state index >= 15 is 0 Å². The Balaban J connectivity index is 2.28. The molecule has 0 saturated carbocycles. The fourth-order valence-electron chi connectivity index (χ4n) is 3.60. The van der Waals surface area contributed by atoms with E-state index in [1.165, 1.54) is 11.1 Å². The molecule has 0 aromatic heterocycles. The predicted octanol–water partition coefficient (Wildman–Crippen LogP) is 4.39. The van der Waals surface area contributed by atoms with Gasteiger partial charge in [0, 0.05) is 0 Å². The lowest BCUT2D eigenvalue weighted by molar-refractivity contribution is -0.142. The molecule has 1 aromatic carbocycles. The predicted molar refractivity (Wildman–Crippen MR) is 86.6 cm³/mol. The van der Waals surface area contributed by atoms with E-state index in [1.54, 1.807) is 0 Å². The van der Waals surface area contributed by atoms with Crippen LogP contribution in [-0.2, 0) is 26.8 Å². The van der Waals surface area contributed by atoms with Crippen molar-refractivity contribution in [1.82, 2.24) is 0 Å². The molecule has 0 amide bonds. The van der Waals surface area contributed by atoms with Crippen LogP contribution in [0, 0.1) is 5.92 Å². The Hall–Kier alpha value is -1.31. The van der Waals surface area contributed by atoms with E-state index in [0.29, 0.717) is 18.9 Å². The molecule has 2 rings (SSSR count). The third-order valence-corrected chi connectivity index (χ3v) is 5.45.